The van der Waals surface area contributed by atoms with Gasteiger partial charge < -0.3 is 5.32 Å². The van der Waals surface area contributed by atoms with Crippen molar-refractivity contribution in [3.8, 4) is 5.69 Å². The number of rotatable bonds is 5. The third-order valence-electron chi connectivity index (χ3n) is 3.99. The van der Waals surface area contributed by atoms with Gasteiger partial charge in [-0.3, -0.25) is 14.9 Å². The summed E-state index contributed by atoms with van der Waals surface area (Å²) in [5.41, 5.74) is 2.86. The fourth-order valence-electron chi connectivity index (χ4n) is 2.58. The maximum atomic E-state index is 12.5. The Kier molecular flexibility index (Phi) is 4.74. The zero-order valence-electron chi connectivity index (χ0n) is 14.3. The van der Waals surface area contributed by atoms with Crippen molar-refractivity contribution in [1.82, 2.24) is 15.0 Å². The molecule has 0 radical (unpaired) electrons. The molecule has 26 heavy (non-hydrogen) atoms. The molecule has 1 heterocycles. The summed E-state index contributed by atoms with van der Waals surface area (Å²) in [4.78, 5) is 23.0. The van der Waals surface area contributed by atoms with Crippen LogP contribution in [0.25, 0.3) is 5.69 Å². The van der Waals surface area contributed by atoms with E-state index in [-0.39, 0.29) is 17.3 Å². The van der Waals surface area contributed by atoms with Gasteiger partial charge in [-0.15, -0.1) is 5.10 Å². The van der Waals surface area contributed by atoms with Crippen molar-refractivity contribution in [1.29, 1.82) is 0 Å². The molecule has 0 aliphatic heterocycles. The molecule has 0 atom stereocenters. The molecular formula is C18H17N5O3. The highest BCUT2D eigenvalue weighted by molar-refractivity contribution is 6.03. The lowest BCUT2D eigenvalue weighted by Crippen LogP contribution is -2.14. The molecule has 3 aromatic rings. The van der Waals surface area contributed by atoms with Crippen LogP contribution in [0.3, 0.4) is 0 Å². The van der Waals surface area contributed by atoms with Crippen LogP contribution in [0.4, 0.5) is 11.4 Å². The number of anilines is 1. The molecule has 0 fully saturated rings. The van der Waals surface area contributed by atoms with Gasteiger partial charge in [0.05, 0.1) is 16.3 Å². The number of hydrogen-bond donors (Lipinski definition) is 1. The molecule has 1 aromatic heterocycles. The number of non-ortho nitro benzene ring substituents is 1. The number of carbonyl (C=O) groups excluding carboxylic acids is 1. The Labute approximate surface area is 149 Å². The van der Waals surface area contributed by atoms with E-state index in [0.717, 1.165) is 12.0 Å². The van der Waals surface area contributed by atoms with Gasteiger partial charge in [0.25, 0.3) is 11.6 Å². The summed E-state index contributed by atoms with van der Waals surface area (Å²) in [6, 6.07) is 13.6. The van der Waals surface area contributed by atoms with Gasteiger partial charge in [-0.05, 0) is 37.1 Å². The van der Waals surface area contributed by atoms with Crippen LogP contribution < -0.4 is 5.32 Å². The van der Waals surface area contributed by atoms with E-state index in [4.69, 9.17) is 0 Å². The summed E-state index contributed by atoms with van der Waals surface area (Å²) < 4.78 is 1.41. The number of amides is 1. The average molecular weight is 351 g/mol. The quantitative estimate of drug-likeness (QED) is 0.561. The number of carbonyl (C=O) groups is 1. The fraction of sp³-hybridized carbons (Fsp3) is 0.167. The van der Waals surface area contributed by atoms with Crippen LogP contribution in [0.2, 0.25) is 0 Å². The summed E-state index contributed by atoms with van der Waals surface area (Å²) in [6.07, 6.45) is 0.867. The Hall–Kier alpha value is -3.55. The lowest BCUT2D eigenvalue weighted by Gasteiger charge is -2.06. The van der Waals surface area contributed by atoms with Gasteiger partial charge >= 0.3 is 0 Å². The number of nitrogens with one attached hydrogen (secondary N) is 1. The van der Waals surface area contributed by atoms with Crippen molar-refractivity contribution in [2.24, 2.45) is 0 Å². The molecule has 1 N–H and O–H groups in total. The minimum Gasteiger partial charge on any atom is -0.321 e. The van der Waals surface area contributed by atoms with Crippen LogP contribution in [0, 0.1) is 17.0 Å². The summed E-state index contributed by atoms with van der Waals surface area (Å²) in [6.45, 7) is 3.73. The zero-order valence-corrected chi connectivity index (χ0v) is 14.3. The van der Waals surface area contributed by atoms with Gasteiger partial charge in [-0.1, -0.05) is 30.3 Å². The van der Waals surface area contributed by atoms with Crippen molar-refractivity contribution in [3.63, 3.8) is 0 Å². The summed E-state index contributed by atoms with van der Waals surface area (Å²) in [7, 11) is 0. The molecule has 0 saturated carbocycles. The van der Waals surface area contributed by atoms with Crippen molar-refractivity contribution in [2.75, 3.05) is 5.32 Å². The van der Waals surface area contributed by atoms with Crippen molar-refractivity contribution >= 4 is 17.3 Å². The summed E-state index contributed by atoms with van der Waals surface area (Å²) >= 11 is 0. The first-order valence-corrected chi connectivity index (χ1v) is 8.07. The predicted octanol–water partition coefficient (Wildman–Crippen LogP) is 3.30. The Bertz CT molecular complexity index is 980. The van der Waals surface area contributed by atoms with E-state index in [0.29, 0.717) is 17.1 Å². The summed E-state index contributed by atoms with van der Waals surface area (Å²) in [5.74, 6) is -0.382. The number of aromatic nitrogens is 3. The molecule has 0 unspecified atom stereocenters. The number of benzene rings is 2. The molecule has 0 spiro atoms. The molecule has 3 rings (SSSR count). The predicted molar refractivity (Wildman–Crippen MR) is 96.5 cm³/mol. The maximum absolute atomic E-state index is 12.5. The highest BCUT2D eigenvalue weighted by Crippen LogP contribution is 2.19. The molecule has 8 nitrogen and oxygen atoms in total. The SMILES string of the molecule is CCc1cccc(NC(=O)c2nnn(-c3cccc([N+](=O)[O-])c3)c2C)c1. The van der Waals surface area contributed by atoms with Gasteiger partial charge in [0.2, 0.25) is 0 Å². The monoisotopic (exact) mass is 351 g/mol. The van der Waals surface area contributed by atoms with Crippen molar-refractivity contribution < 1.29 is 9.72 Å². The summed E-state index contributed by atoms with van der Waals surface area (Å²) in [5, 5.41) is 21.6. The normalized spacial score (nSPS) is 10.5. The van der Waals surface area contributed by atoms with Crippen LogP contribution in [-0.2, 0) is 6.42 Å². The van der Waals surface area contributed by atoms with E-state index in [1.165, 1.54) is 16.8 Å². The number of nitro groups is 1. The molecule has 0 aliphatic carbocycles. The molecule has 0 saturated heterocycles. The maximum Gasteiger partial charge on any atom is 0.278 e. The Morgan fingerprint density at radius 1 is 1.23 bits per heavy atom. The first kappa shape index (κ1) is 17.3. The average Bonchev–Trinajstić information content (AvgIpc) is 3.03. The van der Waals surface area contributed by atoms with Crippen LogP contribution in [0.15, 0.2) is 48.5 Å². The van der Waals surface area contributed by atoms with Gasteiger partial charge in [0, 0.05) is 17.8 Å². The van der Waals surface area contributed by atoms with E-state index in [1.54, 1.807) is 25.1 Å². The van der Waals surface area contributed by atoms with Gasteiger partial charge in [0.15, 0.2) is 5.69 Å². The molecule has 0 bridgehead atoms. The van der Waals surface area contributed by atoms with Crippen LogP contribution in [0.1, 0.15) is 28.7 Å². The zero-order chi connectivity index (χ0) is 18.7. The first-order chi connectivity index (χ1) is 12.5. The van der Waals surface area contributed by atoms with Crippen molar-refractivity contribution in [3.05, 3.63) is 75.6 Å². The molecule has 8 heteroatoms. The Morgan fingerprint density at radius 3 is 2.73 bits per heavy atom. The van der Waals surface area contributed by atoms with Crippen LogP contribution in [0.5, 0.6) is 0 Å². The highest BCUT2D eigenvalue weighted by Gasteiger charge is 2.18. The standard InChI is InChI=1S/C18H17N5O3/c1-3-13-6-4-7-14(10-13)19-18(24)17-12(2)22(21-20-17)15-8-5-9-16(11-15)23(25)26/h4-11H,3H2,1-2H3,(H,19,24). The van der Waals surface area contributed by atoms with Crippen LogP contribution >= 0.6 is 0 Å². The Balaban J connectivity index is 1.87. The number of nitro benzene ring substituents is 1. The van der Waals surface area contributed by atoms with Crippen molar-refractivity contribution in [2.45, 2.75) is 20.3 Å². The fourth-order valence-corrected chi connectivity index (χ4v) is 2.58. The molecule has 1 amide bonds. The second-order valence-electron chi connectivity index (χ2n) is 5.72. The number of aryl methyl sites for hydroxylation is 1. The molecule has 2 aromatic carbocycles. The minimum atomic E-state index is -0.482. The van der Waals surface area contributed by atoms with Gasteiger partial charge in [-0.25, -0.2) is 4.68 Å². The number of hydrogen-bond acceptors (Lipinski definition) is 5. The molecule has 132 valence electrons. The molecular weight excluding hydrogens is 334 g/mol. The third-order valence-corrected chi connectivity index (χ3v) is 3.99. The minimum absolute atomic E-state index is 0.0558. The second-order valence-corrected chi connectivity index (χ2v) is 5.72. The largest absolute Gasteiger partial charge is 0.321 e. The Morgan fingerprint density at radius 2 is 2.00 bits per heavy atom. The first-order valence-electron chi connectivity index (χ1n) is 8.07. The van der Waals surface area contributed by atoms with Crippen LogP contribution in [-0.4, -0.2) is 25.8 Å². The number of nitrogens with zero attached hydrogens (tertiary/aromatic N) is 4. The van der Waals surface area contributed by atoms with Gasteiger partial charge in [0.1, 0.15) is 0 Å². The third kappa shape index (κ3) is 3.44. The smallest absolute Gasteiger partial charge is 0.278 e. The van der Waals surface area contributed by atoms with E-state index in [9.17, 15) is 14.9 Å². The second kappa shape index (κ2) is 7.14. The lowest BCUT2D eigenvalue weighted by atomic mass is 10.1. The molecule has 0 aliphatic rings. The topological polar surface area (TPSA) is 103 Å². The highest BCUT2D eigenvalue weighted by atomic mass is 16.6. The van der Waals surface area contributed by atoms with E-state index < -0.39 is 4.92 Å². The van der Waals surface area contributed by atoms with E-state index >= 15 is 0 Å². The van der Waals surface area contributed by atoms with Gasteiger partial charge in [-0.2, -0.15) is 0 Å². The van der Waals surface area contributed by atoms with E-state index in [1.807, 2.05) is 25.1 Å². The lowest BCUT2D eigenvalue weighted by molar-refractivity contribution is -0.384. The van der Waals surface area contributed by atoms with E-state index in [2.05, 4.69) is 15.6 Å².